The smallest absolute Gasteiger partial charge is 0.110 e. The SMILES string of the molecule is Cc1cc(C)c(-c2nc(CCN)[nH]c2Br)c(C)c1. The van der Waals surface area contributed by atoms with Crippen LogP contribution in [-0.4, -0.2) is 16.5 Å². The van der Waals surface area contributed by atoms with Crippen LogP contribution in [0, 0.1) is 20.8 Å². The van der Waals surface area contributed by atoms with Crippen molar-refractivity contribution in [2.75, 3.05) is 6.54 Å². The fourth-order valence-electron chi connectivity index (χ4n) is 2.37. The number of imidazole rings is 1. The summed E-state index contributed by atoms with van der Waals surface area (Å²) in [5.74, 6) is 0.929. The van der Waals surface area contributed by atoms with Gasteiger partial charge < -0.3 is 10.7 Å². The molecule has 0 saturated heterocycles. The average Bonchev–Trinajstić information content (AvgIpc) is 2.59. The number of rotatable bonds is 3. The normalized spacial score (nSPS) is 10.9. The molecule has 0 fully saturated rings. The lowest BCUT2D eigenvalue weighted by Gasteiger charge is -2.09. The minimum atomic E-state index is 0.602. The minimum Gasteiger partial charge on any atom is -0.336 e. The van der Waals surface area contributed by atoms with Gasteiger partial charge in [0.15, 0.2) is 0 Å². The topological polar surface area (TPSA) is 54.7 Å². The Hall–Kier alpha value is -1.13. The van der Waals surface area contributed by atoms with Gasteiger partial charge in [0.2, 0.25) is 0 Å². The second-order valence-corrected chi connectivity index (χ2v) is 5.45. The first-order valence-corrected chi connectivity index (χ1v) is 6.85. The maximum atomic E-state index is 5.56. The van der Waals surface area contributed by atoms with Gasteiger partial charge in [-0.05, 0) is 54.4 Å². The molecule has 0 radical (unpaired) electrons. The molecule has 0 saturated carbocycles. The number of H-pyrrole nitrogens is 1. The lowest BCUT2D eigenvalue weighted by molar-refractivity contribution is 0.893. The van der Waals surface area contributed by atoms with Crippen molar-refractivity contribution in [1.82, 2.24) is 9.97 Å². The fraction of sp³-hybridized carbons (Fsp3) is 0.357. The third-order valence-electron chi connectivity index (χ3n) is 3.00. The number of benzene rings is 1. The Morgan fingerprint density at radius 2 is 1.83 bits per heavy atom. The molecule has 1 heterocycles. The van der Waals surface area contributed by atoms with Crippen molar-refractivity contribution in [2.24, 2.45) is 5.73 Å². The molecule has 18 heavy (non-hydrogen) atoms. The molecule has 0 aliphatic carbocycles. The zero-order chi connectivity index (χ0) is 13.3. The maximum Gasteiger partial charge on any atom is 0.110 e. The second kappa shape index (κ2) is 5.24. The van der Waals surface area contributed by atoms with Gasteiger partial charge in [-0.1, -0.05) is 17.7 Å². The molecular formula is C14H18BrN3. The number of nitrogens with one attached hydrogen (secondary N) is 1. The van der Waals surface area contributed by atoms with Gasteiger partial charge in [-0.25, -0.2) is 4.98 Å². The van der Waals surface area contributed by atoms with Gasteiger partial charge in [-0.3, -0.25) is 0 Å². The van der Waals surface area contributed by atoms with E-state index in [1.807, 2.05) is 0 Å². The highest BCUT2D eigenvalue weighted by molar-refractivity contribution is 9.10. The van der Waals surface area contributed by atoms with E-state index in [0.29, 0.717) is 6.54 Å². The Labute approximate surface area is 116 Å². The van der Waals surface area contributed by atoms with E-state index >= 15 is 0 Å². The van der Waals surface area contributed by atoms with Crippen molar-refractivity contribution in [1.29, 1.82) is 0 Å². The Bertz CT molecular complexity index is 549. The number of hydrogen-bond donors (Lipinski definition) is 2. The summed E-state index contributed by atoms with van der Waals surface area (Å²) < 4.78 is 0.931. The highest BCUT2D eigenvalue weighted by atomic mass is 79.9. The molecular weight excluding hydrogens is 290 g/mol. The Balaban J connectivity index is 2.55. The van der Waals surface area contributed by atoms with Gasteiger partial charge in [0, 0.05) is 12.0 Å². The third-order valence-corrected chi connectivity index (χ3v) is 3.58. The van der Waals surface area contributed by atoms with Gasteiger partial charge in [-0.2, -0.15) is 0 Å². The molecule has 0 aliphatic heterocycles. The van der Waals surface area contributed by atoms with Crippen molar-refractivity contribution in [3.05, 3.63) is 39.3 Å². The molecule has 1 aromatic carbocycles. The Kier molecular flexibility index (Phi) is 3.88. The summed E-state index contributed by atoms with van der Waals surface area (Å²) in [5.41, 5.74) is 11.5. The summed E-state index contributed by atoms with van der Waals surface area (Å²) in [5, 5.41) is 0. The summed E-state index contributed by atoms with van der Waals surface area (Å²) in [6.45, 7) is 6.96. The van der Waals surface area contributed by atoms with Crippen LogP contribution in [0.15, 0.2) is 16.7 Å². The first-order chi connectivity index (χ1) is 8.52. The molecule has 0 bridgehead atoms. The molecule has 3 nitrogen and oxygen atoms in total. The van der Waals surface area contributed by atoms with Crippen LogP contribution < -0.4 is 5.73 Å². The van der Waals surface area contributed by atoms with Crippen molar-refractivity contribution in [3.63, 3.8) is 0 Å². The summed E-state index contributed by atoms with van der Waals surface area (Å²) >= 11 is 3.55. The summed E-state index contributed by atoms with van der Waals surface area (Å²) in [7, 11) is 0. The monoisotopic (exact) mass is 307 g/mol. The molecule has 4 heteroatoms. The van der Waals surface area contributed by atoms with E-state index in [2.05, 4.69) is 58.8 Å². The molecule has 96 valence electrons. The molecule has 0 unspecified atom stereocenters. The Morgan fingerprint density at radius 1 is 1.22 bits per heavy atom. The van der Waals surface area contributed by atoms with Crippen LogP contribution in [0.25, 0.3) is 11.3 Å². The summed E-state index contributed by atoms with van der Waals surface area (Å²) in [4.78, 5) is 7.88. The van der Waals surface area contributed by atoms with E-state index in [1.165, 1.54) is 22.3 Å². The van der Waals surface area contributed by atoms with Gasteiger partial charge in [-0.15, -0.1) is 0 Å². The van der Waals surface area contributed by atoms with E-state index in [0.717, 1.165) is 22.5 Å². The molecule has 3 N–H and O–H groups in total. The van der Waals surface area contributed by atoms with Gasteiger partial charge in [0.05, 0.1) is 0 Å². The molecule has 0 spiro atoms. The summed E-state index contributed by atoms with van der Waals surface area (Å²) in [6.07, 6.45) is 0.766. The van der Waals surface area contributed by atoms with Gasteiger partial charge in [0.25, 0.3) is 0 Å². The molecule has 1 aromatic heterocycles. The van der Waals surface area contributed by atoms with Gasteiger partial charge in [0.1, 0.15) is 16.1 Å². The molecule has 2 aromatic rings. The van der Waals surface area contributed by atoms with E-state index in [1.54, 1.807) is 0 Å². The zero-order valence-corrected chi connectivity index (χ0v) is 12.6. The number of aryl methyl sites for hydroxylation is 3. The number of nitrogens with two attached hydrogens (primary N) is 1. The van der Waals surface area contributed by atoms with E-state index < -0.39 is 0 Å². The third kappa shape index (κ3) is 2.49. The fourth-order valence-corrected chi connectivity index (χ4v) is 2.89. The zero-order valence-electron chi connectivity index (χ0n) is 11.0. The average molecular weight is 308 g/mol. The quantitative estimate of drug-likeness (QED) is 0.914. The number of nitrogens with zero attached hydrogens (tertiary/aromatic N) is 1. The maximum absolute atomic E-state index is 5.56. The predicted molar refractivity (Wildman–Crippen MR) is 78.7 cm³/mol. The molecule has 2 rings (SSSR count). The predicted octanol–water partition coefficient (Wildman–Crippen LogP) is 3.27. The number of aromatic nitrogens is 2. The molecule has 0 atom stereocenters. The first-order valence-electron chi connectivity index (χ1n) is 6.05. The highest BCUT2D eigenvalue weighted by Crippen LogP contribution is 2.32. The van der Waals surface area contributed by atoms with Crippen LogP contribution in [-0.2, 0) is 6.42 Å². The molecule has 0 aliphatic rings. The summed E-state index contributed by atoms with van der Waals surface area (Å²) in [6, 6.07) is 4.37. The number of hydrogen-bond acceptors (Lipinski definition) is 2. The molecule has 0 amide bonds. The van der Waals surface area contributed by atoms with Crippen LogP contribution >= 0.6 is 15.9 Å². The van der Waals surface area contributed by atoms with Crippen LogP contribution in [0.3, 0.4) is 0 Å². The van der Waals surface area contributed by atoms with Crippen molar-refractivity contribution >= 4 is 15.9 Å². The van der Waals surface area contributed by atoms with Crippen molar-refractivity contribution < 1.29 is 0 Å². The van der Waals surface area contributed by atoms with Crippen molar-refractivity contribution in [3.8, 4) is 11.3 Å². The van der Waals surface area contributed by atoms with Crippen LogP contribution in [0.5, 0.6) is 0 Å². The van der Waals surface area contributed by atoms with E-state index in [-0.39, 0.29) is 0 Å². The minimum absolute atomic E-state index is 0.602. The van der Waals surface area contributed by atoms with E-state index in [4.69, 9.17) is 5.73 Å². The number of aromatic amines is 1. The first kappa shape index (κ1) is 13.3. The van der Waals surface area contributed by atoms with Crippen LogP contribution in [0.4, 0.5) is 0 Å². The standard InChI is InChI=1S/C14H18BrN3/c1-8-6-9(2)12(10(3)7-8)13-14(15)18-11(17-13)4-5-16/h6-7H,4-5,16H2,1-3H3,(H,17,18). The van der Waals surface area contributed by atoms with Crippen LogP contribution in [0.1, 0.15) is 22.5 Å². The number of halogens is 1. The second-order valence-electron chi connectivity index (χ2n) is 4.66. The lowest BCUT2D eigenvalue weighted by Crippen LogP contribution is -2.03. The van der Waals surface area contributed by atoms with Gasteiger partial charge >= 0.3 is 0 Å². The Morgan fingerprint density at radius 3 is 2.39 bits per heavy atom. The van der Waals surface area contributed by atoms with E-state index in [9.17, 15) is 0 Å². The van der Waals surface area contributed by atoms with Crippen LogP contribution in [0.2, 0.25) is 0 Å². The highest BCUT2D eigenvalue weighted by Gasteiger charge is 2.14. The van der Waals surface area contributed by atoms with Crippen molar-refractivity contribution in [2.45, 2.75) is 27.2 Å². The lowest BCUT2D eigenvalue weighted by atomic mass is 9.98. The largest absolute Gasteiger partial charge is 0.336 e.